The summed E-state index contributed by atoms with van der Waals surface area (Å²) in [6, 6.07) is 4.31. The van der Waals surface area contributed by atoms with E-state index < -0.39 is 12.0 Å². The topological polar surface area (TPSA) is 49.3 Å². The van der Waals surface area contributed by atoms with Gasteiger partial charge in [0.15, 0.2) is 6.10 Å². The number of aliphatic hydroxyl groups excluding tert-OH is 1. The van der Waals surface area contributed by atoms with E-state index in [2.05, 4.69) is 11.9 Å². The second kappa shape index (κ2) is 6.05. The maximum absolute atomic E-state index is 11.6. The molecule has 0 heterocycles. The van der Waals surface area contributed by atoms with E-state index in [9.17, 15) is 9.90 Å². The number of hydrogen-bond acceptors (Lipinski definition) is 2. The molecule has 0 aromatic heterocycles. The first-order chi connectivity index (χ1) is 7.93. The van der Waals surface area contributed by atoms with Crippen LogP contribution in [-0.2, 0) is 4.79 Å². The van der Waals surface area contributed by atoms with Crippen molar-refractivity contribution < 1.29 is 9.90 Å². The van der Waals surface area contributed by atoms with Crippen LogP contribution >= 0.6 is 23.2 Å². The van der Waals surface area contributed by atoms with Crippen LogP contribution in [0.3, 0.4) is 0 Å². The lowest BCUT2D eigenvalue weighted by Gasteiger charge is -2.14. The van der Waals surface area contributed by atoms with E-state index in [1.54, 1.807) is 13.0 Å². The van der Waals surface area contributed by atoms with Crippen LogP contribution in [0.4, 0.5) is 0 Å². The Kier molecular flexibility index (Phi) is 5.00. The molecule has 0 bridgehead atoms. The second-order valence-corrected chi connectivity index (χ2v) is 4.51. The van der Waals surface area contributed by atoms with Crippen molar-refractivity contribution in [1.29, 1.82) is 0 Å². The van der Waals surface area contributed by atoms with Gasteiger partial charge in [-0.25, -0.2) is 0 Å². The van der Waals surface area contributed by atoms with E-state index in [1.807, 2.05) is 0 Å². The minimum absolute atomic E-state index is 0.216. The van der Waals surface area contributed by atoms with E-state index >= 15 is 0 Å². The zero-order valence-electron chi connectivity index (χ0n) is 9.28. The zero-order valence-corrected chi connectivity index (χ0v) is 10.8. The van der Waals surface area contributed by atoms with Gasteiger partial charge in [-0.2, -0.15) is 0 Å². The van der Waals surface area contributed by atoms with Crippen molar-refractivity contribution in [3.05, 3.63) is 46.5 Å². The summed E-state index contributed by atoms with van der Waals surface area (Å²) in [6.45, 7) is 5.29. The van der Waals surface area contributed by atoms with Gasteiger partial charge in [-0.3, -0.25) is 4.79 Å². The Hall–Kier alpha value is -1.03. The van der Waals surface area contributed by atoms with Crippen molar-refractivity contribution in [1.82, 2.24) is 5.32 Å². The van der Waals surface area contributed by atoms with Crippen LogP contribution in [0.15, 0.2) is 30.9 Å². The molecule has 1 amide bonds. The number of hydrogen-bond donors (Lipinski definition) is 2. The van der Waals surface area contributed by atoms with Gasteiger partial charge in [-0.05, 0) is 30.7 Å². The summed E-state index contributed by atoms with van der Waals surface area (Å²) in [5, 5.41) is 13.1. The molecule has 0 saturated carbocycles. The van der Waals surface area contributed by atoms with Gasteiger partial charge < -0.3 is 10.4 Å². The summed E-state index contributed by atoms with van der Waals surface area (Å²) in [5.41, 5.74) is 0.358. The van der Waals surface area contributed by atoms with E-state index in [0.29, 0.717) is 15.6 Å². The molecule has 0 aliphatic carbocycles. The third-order valence-electron chi connectivity index (χ3n) is 2.17. The fourth-order valence-electron chi connectivity index (χ4n) is 1.25. The molecular formula is C12H13Cl2NO2. The summed E-state index contributed by atoms with van der Waals surface area (Å²) in [6.07, 6.45) is 0.267. The Morgan fingerprint density at radius 1 is 1.41 bits per heavy atom. The van der Waals surface area contributed by atoms with Gasteiger partial charge >= 0.3 is 0 Å². The molecule has 0 aliphatic heterocycles. The molecule has 5 heteroatoms. The van der Waals surface area contributed by atoms with Crippen LogP contribution in [0.1, 0.15) is 18.6 Å². The van der Waals surface area contributed by atoms with Crippen LogP contribution in [0, 0.1) is 0 Å². The number of amides is 1. The normalized spacial score (nSPS) is 13.9. The van der Waals surface area contributed by atoms with Gasteiger partial charge in [0.2, 0.25) is 0 Å². The lowest BCUT2D eigenvalue weighted by Crippen LogP contribution is -2.35. The molecular weight excluding hydrogens is 261 g/mol. The lowest BCUT2D eigenvalue weighted by molar-refractivity contribution is -0.129. The summed E-state index contributed by atoms with van der Waals surface area (Å²) in [7, 11) is 0. The van der Waals surface area contributed by atoms with Gasteiger partial charge in [0.05, 0.1) is 0 Å². The number of halogens is 2. The number of rotatable bonds is 4. The van der Waals surface area contributed by atoms with E-state index in [0.717, 1.165) is 0 Å². The van der Waals surface area contributed by atoms with Crippen LogP contribution in [-0.4, -0.2) is 17.1 Å². The standard InChI is InChI=1S/C12H13Cl2NO2/c1-3-7(2)15-12(17)11(16)8-4-9(13)6-10(14)5-8/h3-7,11,16H,1H2,2H3,(H,15,17)/t7-,11+/m0/s1. The van der Waals surface area contributed by atoms with Crippen LogP contribution in [0.5, 0.6) is 0 Å². The van der Waals surface area contributed by atoms with Crippen molar-refractivity contribution in [3.63, 3.8) is 0 Å². The van der Waals surface area contributed by atoms with Crippen molar-refractivity contribution in [2.45, 2.75) is 19.1 Å². The molecule has 0 radical (unpaired) electrons. The molecule has 1 aromatic carbocycles. The van der Waals surface area contributed by atoms with Crippen molar-refractivity contribution in [2.75, 3.05) is 0 Å². The van der Waals surface area contributed by atoms with Gasteiger partial charge in [0.1, 0.15) is 0 Å². The molecule has 0 saturated heterocycles. The van der Waals surface area contributed by atoms with E-state index in [-0.39, 0.29) is 6.04 Å². The predicted octanol–water partition coefficient (Wildman–Crippen LogP) is 2.72. The smallest absolute Gasteiger partial charge is 0.253 e. The highest BCUT2D eigenvalue weighted by molar-refractivity contribution is 6.34. The van der Waals surface area contributed by atoms with Gasteiger partial charge in [-0.15, -0.1) is 6.58 Å². The van der Waals surface area contributed by atoms with Crippen LogP contribution in [0.25, 0.3) is 0 Å². The Bertz CT molecular complexity index is 414. The van der Waals surface area contributed by atoms with Gasteiger partial charge in [0, 0.05) is 16.1 Å². The summed E-state index contributed by atoms with van der Waals surface area (Å²) in [4.78, 5) is 11.6. The third kappa shape index (κ3) is 4.04. The maximum Gasteiger partial charge on any atom is 0.253 e. The Morgan fingerprint density at radius 2 is 1.94 bits per heavy atom. The first-order valence-corrected chi connectivity index (χ1v) is 5.76. The molecule has 2 N–H and O–H groups in total. The molecule has 3 nitrogen and oxygen atoms in total. The summed E-state index contributed by atoms with van der Waals surface area (Å²) >= 11 is 11.6. The van der Waals surface area contributed by atoms with E-state index in [1.165, 1.54) is 18.2 Å². The van der Waals surface area contributed by atoms with Crippen LogP contribution in [0.2, 0.25) is 10.0 Å². The van der Waals surface area contributed by atoms with E-state index in [4.69, 9.17) is 23.2 Å². The fourth-order valence-corrected chi connectivity index (χ4v) is 1.79. The molecule has 92 valence electrons. The number of aliphatic hydroxyl groups is 1. The highest BCUT2D eigenvalue weighted by atomic mass is 35.5. The van der Waals surface area contributed by atoms with Crippen LogP contribution < -0.4 is 5.32 Å². The molecule has 1 rings (SSSR count). The van der Waals surface area contributed by atoms with Gasteiger partial charge in [-0.1, -0.05) is 29.3 Å². The summed E-state index contributed by atoms with van der Waals surface area (Å²) in [5.74, 6) is -0.518. The first-order valence-electron chi connectivity index (χ1n) is 5.01. The Labute approximate surface area is 110 Å². The Morgan fingerprint density at radius 3 is 2.41 bits per heavy atom. The number of carbonyl (C=O) groups is 1. The average Bonchev–Trinajstić information content (AvgIpc) is 2.26. The molecule has 0 fully saturated rings. The minimum atomic E-state index is -1.30. The molecule has 0 aliphatic rings. The maximum atomic E-state index is 11.6. The first kappa shape index (κ1) is 14.0. The minimum Gasteiger partial charge on any atom is -0.378 e. The fraction of sp³-hybridized carbons (Fsp3) is 0.250. The molecule has 17 heavy (non-hydrogen) atoms. The monoisotopic (exact) mass is 273 g/mol. The lowest BCUT2D eigenvalue weighted by atomic mass is 10.1. The highest BCUT2D eigenvalue weighted by Gasteiger charge is 2.19. The van der Waals surface area contributed by atoms with Crippen molar-refractivity contribution >= 4 is 29.1 Å². The number of carbonyl (C=O) groups excluding carboxylic acids is 1. The largest absolute Gasteiger partial charge is 0.378 e. The highest BCUT2D eigenvalue weighted by Crippen LogP contribution is 2.23. The SMILES string of the molecule is C=C[C@H](C)NC(=O)[C@H](O)c1cc(Cl)cc(Cl)c1. The Balaban J connectivity index is 2.84. The zero-order chi connectivity index (χ0) is 13.0. The number of nitrogens with one attached hydrogen (secondary N) is 1. The molecule has 0 spiro atoms. The molecule has 0 unspecified atom stereocenters. The molecule has 1 aromatic rings. The molecule has 2 atom stereocenters. The third-order valence-corrected chi connectivity index (χ3v) is 2.61. The second-order valence-electron chi connectivity index (χ2n) is 3.64. The van der Waals surface area contributed by atoms with Gasteiger partial charge in [0.25, 0.3) is 5.91 Å². The van der Waals surface area contributed by atoms with Crippen molar-refractivity contribution in [2.24, 2.45) is 0 Å². The number of benzene rings is 1. The summed E-state index contributed by atoms with van der Waals surface area (Å²) < 4.78 is 0. The van der Waals surface area contributed by atoms with Crippen molar-refractivity contribution in [3.8, 4) is 0 Å². The quantitative estimate of drug-likeness (QED) is 0.829. The average molecular weight is 274 g/mol. The predicted molar refractivity (Wildman–Crippen MR) is 69.2 cm³/mol.